The zero-order valence-corrected chi connectivity index (χ0v) is 11.7. The van der Waals surface area contributed by atoms with Crippen molar-refractivity contribution in [2.75, 3.05) is 18.0 Å². The van der Waals surface area contributed by atoms with Crippen LogP contribution in [0.1, 0.15) is 30.9 Å². The van der Waals surface area contributed by atoms with Crippen LogP contribution in [0.5, 0.6) is 0 Å². The Kier molecular flexibility index (Phi) is 4.43. The molecule has 2 unspecified atom stereocenters. The van der Waals surface area contributed by atoms with Gasteiger partial charge < -0.3 is 10.0 Å². The fourth-order valence-electron chi connectivity index (χ4n) is 2.70. The molecule has 1 N–H and O–H groups in total. The van der Waals surface area contributed by atoms with Crippen molar-refractivity contribution in [2.45, 2.75) is 32.0 Å². The van der Waals surface area contributed by atoms with E-state index in [0.29, 0.717) is 18.8 Å². The predicted molar refractivity (Wildman–Crippen MR) is 72.8 cm³/mol. The van der Waals surface area contributed by atoms with Crippen molar-refractivity contribution >= 4 is 5.69 Å². The Morgan fingerprint density at radius 2 is 2.14 bits per heavy atom. The Morgan fingerprint density at radius 1 is 1.43 bits per heavy atom. The number of halogens is 3. The van der Waals surface area contributed by atoms with E-state index < -0.39 is 17.8 Å². The van der Waals surface area contributed by atoms with Crippen LogP contribution in [0.2, 0.25) is 0 Å². The van der Waals surface area contributed by atoms with Crippen molar-refractivity contribution in [1.82, 2.24) is 0 Å². The minimum absolute atomic E-state index is 0.0241. The Balaban J connectivity index is 2.30. The van der Waals surface area contributed by atoms with Crippen LogP contribution in [0.4, 0.5) is 18.9 Å². The molecule has 1 aromatic carbocycles. The molecule has 0 bridgehead atoms. The number of hydrogen-bond acceptors (Lipinski definition) is 3. The van der Waals surface area contributed by atoms with Gasteiger partial charge in [-0.2, -0.15) is 18.4 Å². The summed E-state index contributed by atoms with van der Waals surface area (Å²) in [7, 11) is 0. The van der Waals surface area contributed by atoms with Crippen LogP contribution in [0, 0.1) is 17.2 Å². The number of aliphatic hydroxyl groups excluding tert-OH is 1. The average molecular weight is 298 g/mol. The second kappa shape index (κ2) is 5.94. The molecule has 0 aliphatic carbocycles. The van der Waals surface area contributed by atoms with Gasteiger partial charge in [-0.05, 0) is 38.0 Å². The van der Waals surface area contributed by atoms with E-state index in [1.807, 2.05) is 11.0 Å². The highest BCUT2D eigenvalue weighted by molar-refractivity contribution is 5.61. The molecule has 3 nitrogen and oxygen atoms in total. The normalized spacial score (nSPS) is 21.0. The summed E-state index contributed by atoms with van der Waals surface area (Å²) in [6.45, 7) is 2.95. The van der Waals surface area contributed by atoms with Gasteiger partial charge in [0.05, 0.1) is 22.9 Å². The quantitative estimate of drug-likeness (QED) is 0.912. The number of benzene rings is 1. The number of piperidine rings is 1. The largest absolute Gasteiger partial charge is 0.416 e. The number of aliphatic hydroxyl groups is 1. The van der Waals surface area contributed by atoms with Gasteiger partial charge in [-0.1, -0.05) is 0 Å². The van der Waals surface area contributed by atoms with Crippen LogP contribution in [-0.2, 0) is 6.18 Å². The number of nitriles is 1. The molecule has 2 atom stereocenters. The van der Waals surface area contributed by atoms with Gasteiger partial charge in [-0.15, -0.1) is 0 Å². The monoisotopic (exact) mass is 298 g/mol. The van der Waals surface area contributed by atoms with Crippen LogP contribution in [0.25, 0.3) is 0 Å². The summed E-state index contributed by atoms with van der Waals surface area (Å²) in [5, 5.41) is 18.8. The Bertz CT molecular complexity index is 549. The van der Waals surface area contributed by atoms with Crippen molar-refractivity contribution in [3.8, 4) is 6.07 Å². The first kappa shape index (κ1) is 15.6. The molecule has 0 aromatic heterocycles. The molecule has 21 heavy (non-hydrogen) atoms. The topological polar surface area (TPSA) is 47.3 Å². The average Bonchev–Trinajstić information content (AvgIpc) is 2.45. The zero-order valence-electron chi connectivity index (χ0n) is 11.7. The van der Waals surface area contributed by atoms with E-state index in [1.54, 1.807) is 6.92 Å². The lowest BCUT2D eigenvalue weighted by molar-refractivity contribution is -0.137. The maximum Gasteiger partial charge on any atom is 0.416 e. The van der Waals surface area contributed by atoms with Crippen LogP contribution in [-0.4, -0.2) is 24.3 Å². The van der Waals surface area contributed by atoms with Gasteiger partial charge in [0.1, 0.15) is 6.07 Å². The van der Waals surface area contributed by atoms with Crippen molar-refractivity contribution in [3.63, 3.8) is 0 Å². The molecule has 1 aliphatic rings. The summed E-state index contributed by atoms with van der Waals surface area (Å²) >= 11 is 0. The lowest BCUT2D eigenvalue weighted by Crippen LogP contribution is -2.39. The lowest BCUT2D eigenvalue weighted by atomic mass is 9.92. The van der Waals surface area contributed by atoms with E-state index in [2.05, 4.69) is 0 Å². The molecule has 1 heterocycles. The number of rotatable bonds is 2. The second-order valence-corrected chi connectivity index (χ2v) is 5.43. The molecule has 0 spiro atoms. The zero-order chi connectivity index (χ0) is 15.6. The molecule has 0 saturated carbocycles. The van der Waals surface area contributed by atoms with E-state index in [1.165, 1.54) is 6.07 Å². The second-order valence-electron chi connectivity index (χ2n) is 5.43. The van der Waals surface area contributed by atoms with Gasteiger partial charge in [0.25, 0.3) is 0 Å². The van der Waals surface area contributed by atoms with Gasteiger partial charge in [-0.25, -0.2) is 0 Å². The third-order valence-corrected chi connectivity index (χ3v) is 3.93. The maximum absolute atomic E-state index is 12.7. The summed E-state index contributed by atoms with van der Waals surface area (Å²) in [4.78, 5) is 1.89. The van der Waals surface area contributed by atoms with Crippen molar-refractivity contribution in [2.24, 2.45) is 5.92 Å². The van der Waals surface area contributed by atoms with E-state index in [-0.39, 0.29) is 11.5 Å². The molecule has 2 rings (SSSR count). The van der Waals surface area contributed by atoms with E-state index in [9.17, 15) is 18.3 Å². The van der Waals surface area contributed by atoms with Gasteiger partial charge in [-0.3, -0.25) is 0 Å². The fraction of sp³-hybridized carbons (Fsp3) is 0.533. The smallest absolute Gasteiger partial charge is 0.393 e. The molecule has 1 aliphatic heterocycles. The summed E-state index contributed by atoms with van der Waals surface area (Å²) < 4.78 is 38.1. The molecule has 0 radical (unpaired) electrons. The lowest BCUT2D eigenvalue weighted by Gasteiger charge is -2.36. The fourth-order valence-corrected chi connectivity index (χ4v) is 2.70. The standard InChI is InChI=1S/C15H17F3N2O/c1-10(21)11-3-2-6-20(9-11)14-5-4-13(15(16,17)18)7-12(14)8-19/h4-5,7,10-11,21H,2-3,6,9H2,1H3. The number of alkyl halides is 3. The minimum atomic E-state index is -4.45. The maximum atomic E-state index is 12.7. The van der Waals surface area contributed by atoms with Crippen LogP contribution in [0.3, 0.4) is 0 Å². The highest BCUT2D eigenvalue weighted by Gasteiger charge is 2.32. The molecule has 1 fully saturated rings. The van der Waals surface area contributed by atoms with E-state index in [0.717, 1.165) is 25.0 Å². The molecular formula is C15H17F3N2O. The molecule has 1 aromatic rings. The summed E-state index contributed by atoms with van der Waals surface area (Å²) in [6.07, 6.45) is -3.18. The van der Waals surface area contributed by atoms with Crippen LogP contribution >= 0.6 is 0 Å². The highest BCUT2D eigenvalue weighted by Crippen LogP contribution is 2.34. The van der Waals surface area contributed by atoms with E-state index in [4.69, 9.17) is 5.26 Å². The number of nitrogens with zero attached hydrogens (tertiary/aromatic N) is 2. The summed E-state index contributed by atoms with van der Waals surface area (Å²) in [5.74, 6) is 0.0765. The van der Waals surface area contributed by atoms with Gasteiger partial charge in [0, 0.05) is 19.0 Å². The summed E-state index contributed by atoms with van der Waals surface area (Å²) in [6, 6.07) is 5.09. The number of hydrogen-bond donors (Lipinski definition) is 1. The number of anilines is 1. The Morgan fingerprint density at radius 3 is 2.71 bits per heavy atom. The SMILES string of the molecule is CC(O)C1CCCN(c2ccc(C(F)(F)F)cc2C#N)C1. The molecule has 1 saturated heterocycles. The van der Waals surface area contributed by atoms with Crippen molar-refractivity contribution in [3.05, 3.63) is 29.3 Å². The molecule has 6 heteroatoms. The Hall–Kier alpha value is -1.74. The van der Waals surface area contributed by atoms with Gasteiger partial charge in [0.2, 0.25) is 0 Å². The highest BCUT2D eigenvalue weighted by atomic mass is 19.4. The van der Waals surface area contributed by atoms with Crippen molar-refractivity contribution < 1.29 is 18.3 Å². The molecular weight excluding hydrogens is 281 g/mol. The first-order valence-electron chi connectivity index (χ1n) is 6.87. The molecule has 114 valence electrons. The van der Waals surface area contributed by atoms with Crippen molar-refractivity contribution in [1.29, 1.82) is 5.26 Å². The molecule has 0 amide bonds. The minimum Gasteiger partial charge on any atom is -0.393 e. The van der Waals surface area contributed by atoms with Gasteiger partial charge in [0.15, 0.2) is 0 Å². The summed E-state index contributed by atoms with van der Waals surface area (Å²) in [5.41, 5.74) is -0.279. The third kappa shape index (κ3) is 3.48. The Labute approximate surface area is 121 Å². The predicted octanol–water partition coefficient (Wildman–Crippen LogP) is 3.17. The first-order valence-corrected chi connectivity index (χ1v) is 6.87. The van der Waals surface area contributed by atoms with Crippen LogP contribution in [0.15, 0.2) is 18.2 Å². The van der Waals surface area contributed by atoms with E-state index >= 15 is 0 Å². The first-order chi connectivity index (χ1) is 9.82. The van der Waals surface area contributed by atoms with Gasteiger partial charge >= 0.3 is 6.18 Å². The third-order valence-electron chi connectivity index (χ3n) is 3.93. The van der Waals surface area contributed by atoms with Crippen LogP contribution < -0.4 is 4.90 Å².